The topological polar surface area (TPSA) is 100 Å². The number of hydrogen-bond donors (Lipinski definition) is 1. The summed E-state index contributed by atoms with van der Waals surface area (Å²) in [5.74, 6) is 0.121. The first kappa shape index (κ1) is 21.3. The number of benzene rings is 1. The Morgan fingerprint density at radius 2 is 2.06 bits per heavy atom. The number of Topliss-reactive ketones (excluding diaryl/α,β-unsaturated/α-hetero) is 1. The number of likely N-dealkylation sites (tertiary alicyclic amines) is 1. The largest absolute Gasteiger partial charge is 0.390 e. The quantitative estimate of drug-likeness (QED) is 0.551. The van der Waals surface area contributed by atoms with Crippen molar-refractivity contribution in [1.82, 2.24) is 9.88 Å². The van der Waals surface area contributed by atoms with Gasteiger partial charge in [-0.1, -0.05) is 17.4 Å². The smallest absolute Gasteiger partial charge is 0.209 e. The van der Waals surface area contributed by atoms with Crippen molar-refractivity contribution in [2.45, 2.75) is 35.8 Å². The second-order valence-electron chi connectivity index (χ2n) is 7.80. The fourth-order valence-electron chi connectivity index (χ4n) is 3.95. The molecule has 2 aliphatic rings. The molecule has 1 fully saturated rings. The number of nitrogens with zero attached hydrogens (tertiary/aromatic N) is 3. The van der Waals surface area contributed by atoms with Crippen molar-refractivity contribution in [3.05, 3.63) is 53.2 Å². The summed E-state index contributed by atoms with van der Waals surface area (Å²) in [5.41, 5.74) is 8.09. The Morgan fingerprint density at radius 1 is 1.29 bits per heavy atom. The SMILES string of the molecule is Cc1c(N)sc2ncccc12.N#Cc1ccc2c(c1)C(=O)CC1(CCN(C=O)CC1)S2. The normalized spacial score (nSPS) is 16.9. The molecule has 0 aliphatic carbocycles. The Balaban J connectivity index is 0.000000177. The number of carbonyl (C=O) groups is 2. The molecule has 2 aliphatic heterocycles. The molecule has 4 heterocycles. The molecular formula is C23H22N4O2S2. The summed E-state index contributed by atoms with van der Waals surface area (Å²) in [6, 6.07) is 11.4. The van der Waals surface area contributed by atoms with Crippen LogP contribution < -0.4 is 5.73 Å². The Labute approximate surface area is 189 Å². The van der Waals surface area contributed by atoms with Crippen molar-refractivity contribution in [2.24, 2.45) is 0 Å². The van der Waals surface area contributed by atoms with E-state index in [0.29, 0.717) is 17.5 Å². The van der Waals surface area contributed by atoms with Gasteiger partial charge in [0.15, 0.2) is 5.78 Å². The van der Waals surface area contributed by atoms with E-state index in [9.17, 15) is 9.59 Å². The second-order valence-corrected chi connectivity index (χ2v) is 10.3. The zero-order valence-electron chi connectivity index (χ0n) is 17.1. The van der Waals surface area contributed by atoms with Gasteiger partial charge in [0, 0.05) is 46.3 Å². The van der Waals surface area contributed by atoms with Gasteiger partial charge in [-0.3, -0.25) is 9.59 Å². The highest BCUT2D eigenvalue weighted by atomic mass is 32.2. The van der Waals surface area contributed by atoms with Gasteiger partial charge in [0.25, 0.3) is 0 Å². The highest BCUT2D eigenvalue weighted by Crippen LogP contribution is 2.48. The van der Waals surface area contributed by atoms with Gasteiger partial charge in [0.2, 0.25) is 6.41 Å². The lowest BCUT2D eigenvalue weighted by atomic mass is 9.88. The Kier molecular flexibility index (Phi) is 5.99. The van der Waals surface area contributed by atoms with E-state index in [2.05, 4.69) is 11.1 Å². The molecule has 2 aromatic heterocycles. The molecule has 31 heavy (non-hydrogen) atoms. The van der Waals surface area contributed by atoms with E-state index in [4.69, 9.17) is 11.0 Å². The molecule has 0 saturated carbocycles. The summed E-state index contributed by atoms with van der Waals surface area (Å²) in [7, 11) is 0. The van der Waals surface area contributed by atoms with E-state index in [-0.39, 0.29) is 10.5 Å². The molecule has 5 rings (SSSR count). The monoisotopic (exact) mass is 450 g/mol. The van der Waals surface area contributed by atoms with Crippen LogP contribution in [0.2, 0.25) is 0 Å². The molecule has 158 valence electrons. The molecule has 6 nitrogen and oxygen atoms in total. The second kappa shape index (κ2) is 8.69. The molecule has 1 spiro atoms. The van der Waals surface area contributed by atoms with Crippen molar-refractivity contribution in [2.75, 3.05) is 18.8 Å². The van der Waals surface area contributed by atoms with Crippen molar-refractivity contribution in [3.8, 4) is 6.07 Å². The van der Waals surface area contributed by atoms with Gasteiger partial charge >= 0.3 is 0 Å². The molecule has 0 atom stereocenters. The molecule has 1 saturated heterocycles. The van der Waals surface area contributed by atoms with Gasteiger partial charge in [-0.15, -0.1) is 11.8 Å². The molecular weight excluding hydrogens is 428 g/mol. The van der Waals surface area contributed by atoms with Crippen LogP contribution in [0.4, 0.5) is 5.00 Å². The van der Waals surface area contributed by atoms with Gasteiger partial charge in [0.05, 0.1) is 16.6 Å². The minimum absolute atomic E-state index is 0.0717. The maximum Gasteiger partial charge on any atom is 0.209 e. The van der Waals surface area contributed by atoms with Crippen LogP contribution >= 0.6 is 23.1 Å². The lowest BCUT2D eigenvalue weighted by molar-refractivity contribution is -0.119. The summed E-state index contributed by atoms with van der Waals surface area (Å²) in [6.45, 7) is 3.46. The van der Waals surface area contributed by atoms with Crippen LogP contribution in [0.25, 0.3) is 10.2 Å². The Hall–Kier alpha value is -2.89. The van der Waals surface area contributed by atoms with Crippen molar-refractivity contribution in [3.63, 3.8) is 0 Å². The first-order valence-electron chi connectivity index (χ1n) is 10.00. The number of aromatic nitrogens is 1. The van der Waals surface area contributed by atoms with Gasteiger partial charge in [-0.05, 0) is 49.6 Å². The number of nitrogens with two attached hydrogens (primary N) is 1. The van der Waals surface area contributed by atoms with E-state index in [1.54, 1.807) is 46.3 Å². The number of fused-ring (bicyclic) bond motifs is 2. The number of piperidine rings is 1. The van der Waals surface area contributed by atoms with Crippen LogP contribution in [0.3, 0.4) is 0 Å². The maximum atomic E-state index is 12.4. The number of nitriles is 1. The summed E-state index contributed by atoms with van der Waals surface area (Å²) >= 11 is 3.29. The molecule has 1 amide bonds. The predicted molar refractivity (Wildman–Crippen MR) is 124 cm³/mol. The standard InChI is InChI=1S/C15H14N2O2S.C8H8N2S/c16-9-11-1-2-14-12(7-11)13(19)8-15(20-14)3-5-17(10-18)6-4-15;1-5-6-3-2-4-10-8(6)11-7(5)9/h1-2,7,10H,3-6,8H2;2-4H,9H2,1H3. The maximum absolute atomic E-state index is 12.4. The molecule has 8 heteroatoms. The van der Waals surface area contributed by atoms with Crippen LogP contribution in [0.15, 0.2) is 41.4 Å². The van der Waals surface area contributed by atoms with E-state index < -0.39 is 0 Å². The number of thiophene rings is 1. The van der Waals surface area contributed by atoms with Crippen LogP contribution in [-0.2, 0) is 4.79 Å². The molecule has 0 unspecified atom stereocenters. The average molecular weight is 451 g/mol. The first-order chi connectivity index (χ1) is 14.9. The van der Waals surface area contributed by atoms with Crippen LogP contribution in [0.1, 0.15) is 40.7 Å². The third-order valence-corrected chi connectivity index (χ3v) is 8.43. The third-order valence-electron chi connectivity index (χ3n) is 5.83. The fourth-order valence-corrected chi connectivity index (χ4v) is 6.34. The molecule has 0 bridgehead atoms. The van der Waals surface area contributed by atoms with Gasteiger partial charge in [0.1, 0.15) is 4.83 Å². The van der Waals surface area contributed by atoms with E-state index in [1.165, 1.54) is 5.39 Å². The zero-order valence-corrected chi connectivity index (χ0v) is 18.8. The summed E-state index contributed by atoms with van der Waals surface area (Å²) in [4.78, 5) is 31.1. The number of thioether (sulfide) groups is 1. The number of rotatable bonds is 1. The van der Waals surface area contributed by atoms with Crippen LogP contribution in [0.5, 0.6) is 0 Å². The van der Waals surface area contributed by atoms with Crippen molar-refractivity contribution in [1.29, 1.82) is 5.26 Å². The minimum atomic E-state index is -0.0717. The van der Waals surface area contributed by atoms with E-state index >= 15 is 0 Å². The molecule has 3 aromatic rings. The minimum Gasteiger partial charge on any atom is -0.390 e. The van der Waals surface area contributed by atoms with Crippen molar-refractivity contribution < 1.29 is 9.59 Å². The van der Waals surface area contributed by atoms with E-state index in [1.807, 2.05) is 25.1 Å². The number of carbonyl (C=O) groups excluding carboxylic acids is 2. The Bertz CT molecular complexity index is 1190. The zero-order chi connectivity index (χ0) is 22.0. The summed E-state index contributed by atoms with van der Waals surface area (Å²) < 4.78 is -0.0717. The number of nitrogen functional groups attached to an aromatic ring is 1. The van der Waals surface area contributed by atoms with Crippen molar-refractivity contribution >= 4 is 50.5 Å². The molecule has 0 radical (unpaired) electrons. The fraction of sp³-hybridized carbons (Fsp3) is 0.304. The molecule has 1 aromatic carbocycles. The number of hydrogen-bond acceptors (Lipinski definition) is 7. The third kappa shape index (κ3) is 4.29. The van der Waals surface area contributed by atoms with Crippen LogP contribution in [-0.4, -0.2) is 39.9 Å². The lowest BCUT2D eigenvalue weighted by Gasteiger charge is -2.42. The molecule has 2 N–H and O–H groups in total. The lowest BCUT2D eigenvalue weighted by Crippen LogP contribution is -2.44. The van der Waals surface area contributed by atoms with Gasteiger partial charge in [-0.2, -0.15) is 5.26 Å². The average Bonchev–Trinajstić information content (AvgIpc) is 3.08. The number of aryl methyl sites for hydroxylation is 1. The number of anilines is 1. The van der Waals surface area contributed by atoms with Gasteiger partial charge < -0.3 is 10.6 Å². The first-order valence-corrected chi connectivity index (χ1v) is 11.6. The van der Waals surface area contributed by atoms with Gasteiger partial charge in [-0.25, -0.2) is 4.98 Å². The summed E-state index contributed by atoms with van der Waals surface area (Å²) in [6.07, 6.45) is 4.88. The number of pyridine rings is 1. The van der Waals surface area contributed by atoms with E-state index in [0.717, 1.165) is 52.6 Å². The van der Waals surface area contributed by atoms with Crippen LogP contribution in [0, 0.1) is 18.3 Å². The number of amides is 1. The summed E-state index contributed by atoms with van der Waals surface area (Å²) in [5, 5.41) is 11.0. The highest BCUT2D eigenvalue weighted by molar-refractivity contribution is 8.01. The number of ketones is 1. The Morgan fingerprint density at radius 3 is 2.74 bits per heavy atom. The highest BCUT2D eigenvalue weighted by Gasteiger charge is 2.41. The predicted octanol–water partition coefficient (Wildman–Crippen LogP) is 4.41.